The van der Waals surface area contributed by atoms with E-state index in [0.29, 0.717) is 6.61 Å². The highest BCUT2D eigenvalue weighted by molar-refractivity contribution is 5.76. The number of amides is 1. The summed E-state index contributed by atoms with van der Waals surface area (Å²) in [7, 11) is 0. The van der Waals surface area contributed by atoms with Crippen molar-refractivity contribution in [1.29, 1.82) is 0 Å². The van der Waals surface area contributed by atoms with Gasteiger partial charge < -0.3 is 10.1 Å². The summed E-state index contributed by atoms with van der Waals surface area (Å²) >= 11 is 0. The first-order chi connectivity index (χ1) is 8.54. The Morgan fingerprint density at radius 2 is 2.39 bits per heavy atom. The predicted octanol–water partition coefficient (Wildman–Crippen LogP) is -0.00710. The monoisotopic (exact) mass is 253 g/mol. The van der Waals surface area contributed by atoms with Gasteiger partial charge in [-0.05, 0) is 23.8 Å². The van der Waals surface area contributed by atoms with Crippen LogP contribution in [0.1, 0.15) is 27.2 Å². The summed E-state index contributed by atoms with van der Waals surface area (Å²) in [5, 5.41) is 13.6. The van der Waals surface area contributed by atoms with Crippen LogP contribution in [0.5, 0.6) is 0 Å². The van der Waals surface area contributed by atoms with Crippen molar-refractivity contribution in [2.75, 3.05) is 6.61 Å². The number of ether oxygens (including phenoxy) is 1. The molecule has 1 fully saturated rings. The first-order valence-corrected chi connectivity index (χ1v) is 6.15. The number of aromatic nitrogens is 4. The van der Waals surface area contributed by atoms with Crippen LogP contribution >= 0.6 is 0 Å². The molecule has 0 aromatic carbocycles. The zero-order valence-corrected chi connectivity index (χ0v) is 11.0. The molecule has 1 aromatic heterocycles. The lowest BCUT2D eigenvalue weighted by Crippen LogP contribution is -2.62. The van der Waals surface area contributed by atoms with Gasteiger partial charge in [-0.25, -0.2) is 4.68 Å². The lowest BCUT2D eigenvalue weighted by molar-refractivity contribution is -0.137. The van der Waals surface area contributed by atoms with Crippen LogP contribution in [0.3, 0.4) is 0 Å². The van der Waals surface area contributed by atoms with Crippen LogP contribution in [0.4, 0.5) is 0 Å². The van der Waals surface area contributed by atoms with E-state index in [2.05, 4.69) is 34.7 Å². The summed E-state index contributed by atoms with van der Waals surface area (Å²) in [4.78, 5) is 11.8. The summed E-state index contributed by atoms with van der Waals surface area (Å²) in [6.07, 6.45) is 2.51. The molecule has 0 radical (unpaired) electrons. The number of hydrogen-bond acceptors (Lipinski definition) is 5. The highest BCUT2D eigenvalue weighted by atomic mass is 16.5. The molecule has 2 rings (SSSR count). The first kappa shape index (κ1) is 12.9. The van der Waals surface area contributed by atoms with Crippen molar-refractivity contribution < 1.29 is 9.53 Å². The predicted molar refractivity (Wildman–Crippen MR) is 63.6 cm³/mol. The fourth-order valence-corrected chi connectivity index (χ4v) is 2.25. The SMILES string of the molecule is CCO[C@@H]1C[C@H](NC(=O)Cn2cnnn2)C1(C)C. The van der Waals surface area contributed by atoms with E-state index >= 15 is 0 Å². The van der Waals surface area contributed by atoms with Crippen LogP contribution in [0.15, 0.2) is 6.33 Å². The number of nitrogens with one attached hydrogen (secondary N) is 1. The molecule has 1 aromatic rings. The molecule has 1 heterocycles. The molecule has 0 saturated heterocycles. The van der Waals surface area contributed by atoms with Crippen LogP contribution in [0.25, 0.3) is 0 Å². The van der Waals surface area contributed by atoms with E-state index in [1.54, 1.807) is 0 Å². The standard InChI is InChI=1S/C11H19N5O2/c1-4-18-9-5-8(11(9,2)3)13-10(17)6-16-7-12-14-15-16/h7-9H,4-6H2,1-3H3,(H,13,17)/t8-,9+/m0/s1. The lowest BCUT2D eigenvalue weighted by Gasteiger charge is -2.51. The van der Waals surface area contributed by atoms with E-state index in [1.807, 2.05) is 6.92 Å². The van der Waals surface area contributed by atoms with Crippen LogP contribution in [-0.4, -0.2) is 44.9 Å². The molecule has 7 nitrogen and oxygen atoms in total. The van der Waals surface area contributed by atoms with Crippen LogP contribution in [0, 0.1) is 5.41 Å². The van der Waals surface area contributed by atoms with Gasteiger partial charge in [-0.3, -0.25) is 4.79 Å². The average molecular weight is 253 g/mol. The Kier molecular flexibility index (Phi) is 3.60. The molecule has 0 unspecified atom stereocenters. The normalized spacial score (nSPS) is 25.5. The molecule has 0 spiro atoms. The minimum atomic E-state index is -0.0738. The van der Waals surface area contributed by atoms with Crippen LogP contribution < -0.4 is 5.32 Å². The molecule has 2 atom stereocenters. The Labute approximate surface area is 106 Å². The van der Waals surface area contributed by atoms with Gasteiger partial charge in [-0.1, -0.05) is 13.8 Å². The smallest absolute Gasteiger partial charge is 0.242 e. The van der Waals surface area contributed by atoms with E-state index in [9.17, 15) is 4.79 Å². The molecule has 1 aliphatic rings. The summed E-state index contributed by atoms with van der Waals surface area (Å²) in [5.41, 5.74) is -0.0215. The van der Waals surface area contributed by atoms with Gasteiger partial charge in [0.25, 0.3) is 0 Å². The lowest BCUT2D eigenvalue weighted by atomic mass is 9.64. The largest absolute Gasteiger partial charge is 0.378 e. The molecule has 1 aliphatic carbocycles. The molecular weight excluding hydrogens is 234 g/mol. The van der Waals surface area contributed by atoms with Crippen molar-refractivity contribution in [3.63, 3.8) is 0 Å². The topological polar surface area (TPSA) is 81.9 Å². The van der Waals surface area contributed by atoms with Gasteiger partial charge in [0.15, 0.2) is 0 Å². The van der Waals surface area contributed by atoms with Gasteiger partial charge in [-0.2, -0.15) is 0 Å². The molecule has 18 heavy (non-hydrogen) atoms. The average Bonchev–Trinajstić information content (AvgIpc) is 2.80. The van der Waals surface area contributed by atoms with Gasteiger partial charge in [0.2, 0.25) is 5.91 Å². The van der Waals surface area contributed by atoms with Gasteiger partial charge >= 0.3 is 0 Å². The van der Waals surface area contributed by atoms with Crippen LogP contribution in [-0.2, 0) is 16.1 Å². The molecule has 100 valence electrons. The Hall–Kier alpha value is -1.50. The minimum absolute atomic E-state index is 0.0215. The first-order valence-electron chi connectivity index (χ1n) is 6.15. The third-order valence-electron chi connectivity index (χ3n) is 3.58. The Balaban J connectivity index is 1.82. The van der Waals surface area contributed by atoms with Crippen molar-refractivity contribution in [1.82, 2.24) is 25.5 Å². The van der Waals surface area contributed by atoms with Crippen molar-refractivity contribution in [3.8, 4) is 0 Å². The highest BCUT2D eigenvalue weighted by Gasteiger charge is 2.49. The fraction of sp³-hybridized carbons (Fsp3) is 0.818. The Morgan fingerprint density at radius 3 is 2.94 bits per heavy atom. The molecule has 0 aliphatic heterocycles. The summed E-state index contributed by atoms with van der Waals surface area (Å²) in [6.45, 7) is 7.07. The highest BCUT2D eigenvalue weighted by Crippen LogP contribution is 2.42. The maximum absolute atomic E-state index is 11.8. The van der Waals surface area contributed by atoms with E-state index in [1.165, 1.54) is 11.0 Å². The van der Waals surface area contributed by atoms with E-state index in [-0.39, 0.29) is 30.0 Å². The summed E-state index contributed by atoms with van der Waals surface area (Å²) < 4.78 is 7.03. The van der Waals surface area contributed by atoms with Crippen molar-refractivity contribution in [2.24, 2.45) is 5.41 Å². The second kappa shape index (κ2) is 5.01. The maximum Gasteiger partial charge on any atom is 0.242 e. The van der Waals surface area contributed by atoms with E-state index in [4.69, 9.17) is 4.74 Å². The summed E-state index contributed by atoms with van der Waals surface area (Å²) in [6, 6.07) is 0.151. The molecule has 1 N–H and O–H groups in total. The molecule has 1 amide bonds. The number of tetrazole rings is 1. The minimum Gasteiger partial charge on any atom is -0.378 e. The zero-order chi connectivity index (χ0) is 13.2. The Morgan fingerprint density at radius 1 is 1.61 bits per heavy atom. The third-order valence-corrected chi connectivity index (χ3v) is 3.58. The van der Waals surface area contributed by atoms with Gasteiger partial charge in [-0.15, -0.1) is 5.10 Å². The van der Waals surface area contributed by atoms with Gasteiger partial charge in [0.05, 0.1) is 6.10 Å². The number of rotatable bonds is 5. The fourth-order valence-electron chi connectivity index (χ4n) is 2.25. The van der Waals surface area contributed by atoms with Crippen molar-refractivity contribution in [3.05, 3.63) is 6.33 Å². The summed E-state index contributed by atoms with van der Waals surface area (Å²) in [5.74, 6) is -0.0738. The maximum atomic E-state index is 11.8. The molecular formula is C11H19N5O2. The van der Waals surface area contributed by atoms with E-state index < -0.39 is 0 Å². The zero-order valence-electron chi connectivity index (χ0n) is 11.0. The molecule has 7 heteroatoms. The van der Waals surface area contributed by atoms with Gasteiger partial charge in [0, 0.05) is 18.1 Å². The Bertz CT molecular complexity index is 404. The quantitative estimate of drug-likeness (QED) is 0.798. The second-order valence-electron chi connectivity index (χ2n) is 5.13. The van der Waals surface area contributed by atoms with Crippen LogP contribution in [0.2, 0.25) is 0 Å². The molecule has 1 saturated carbocycles. The number of hydrogen-bond donors (Lipinski definition) is 1. The third kappa shape index (κ3) is 2.50. The number of nitrogens with zero attached hydrogens (tertiary/aromatic N) is 4. The van der Waals surface area contributed by atoms with E-state index in [0.717, 1.165) is 6.42 Å². The molecule has 0 bridgehead atoms. The second-order valence-corrected chi connectivity index (χ2v) is 5.13. The van der Waals surface area contributed by atoms with Gasteiger partial charge in [0.1, 0.15) is 12.9 Å². The number of carbonyl (C=O) groups excluding carboxylic acids is 1. The number of carbonyl (C=O) groups is 1. The van der Waals surface area contributed by atoms with Crippen molar-refractivity contribution in [2.45, 2.75) is 45.9 Å². The van der Waals surface area contributed by atoms with Crippen molar-refractivity contribution >= 4 is 5.91 Å².